The highest BCUT2D eigenvalue weighted by molar-refractivity contribution is 8.13. The Morgan fingerprint density at radius 1 is 1.36 bits per heavy atom. The molecule has 0 saturated carbocycles. The molecule has 0 N–H and O–H groups in total. The van der Waals surface area contributed by atoms with Gasteiger partial charge in [-0.15, -0.1) is 11.8 Å². The lowest BCUT2D eigenvalue weighted by Gasteiger charge is -2.18. The van der Waals surface area contributed by atoms with E-state index in [1.54, 1.807) is 11.8 Å². The summed E-state index contributed by atoms with van der Waals surface area (Å²) in [6, 6.07) is 0. The molecule has 0 aliphatic carbocycles. The van der Waals surface area contributed by atoms with Crippen LogP contribution in [0.15, 0.2) is 4.99 Å². The maximum Gasteiger partial charge on any atom is 0.0678 e. The zero-order valence-corrected chi connectivity index (χ0v) is 9.09. The van der Waals surface area contributed by atoms with Gasteiger partial charge in [-0.3, -0.25) is 4.99 Å². The van der Waals surface area contributed by atoms with Crippen molar-refractivity contribution in [2.45, 2.75) is 34.1 Å². The minimum absolute atomic E-state index is 0.372. The fourth-order valence-corrected chi connectivity index (χ4v) is 1.66. The van der Waals surface area contributed by atoms with Crippen LogP contribution in [-0.2, 0) is 0 Å². The molecule has 0 radical (unpaired) electrons. The van der Waals surface area contributed by atoms with E-state index < -0.39 is 0 Å². The molecular formula is C9H19NS. The zero-order valence-electron chi connectivity index (χ0n) is 8.27. The average Bonchev–Trinajstić information content (AvgIpc) is 1.84. The van der Waals surface area contributed by atoms with E-state index in [4.69, 9.17) is 0 Å². The van der Waals surface area contributed by atoms with E-state index in [9.17, 15) is 0 Å². The minimum atomic E-state index is 0.372. The predicted molar refractivity (Wildman–Crippen MR) is 55.6 cm³/mol. The number of hydrogen-bond acceptors (Lipinski definition) is 2. The van der Waals surface area contributed by atoms with Gasteiger partial charge in [-0.25, -0.2) is 0 Å². The molecule has 0 unspecified atom stereocenters. The van der Waals surface area contributed by atoms with Crippen LogP contribution in [0.25, 0.3) is 0 Å². The second-order valence-corrected chi connectivity index (χ2v) is 4.69. The molecule has 0 heterocycles. The van der Waals surface area contributed by atoms with Gasteiger partial charge in [0.25, 0.3) is 0 Å². The van der Waals surface area contributed by atoms with E-state index in [0.29, 0.717) is 5.41 Å². The first kappa shape index (κ1) is 11.0. The third-order valence-corrected chi connectivity index (χ3v) is 2.00. The van der Waals surface area contributed by atoms with E-state index >= 15 is 0 Å². The monoisotopic (exact) mass is 173 g/mol. The Hall–Kier alpha value is 0.0200. The van der Waals surface area contributed by atoms with Crippen LogP contribution in [0.1, 0.15) is 34.1 Å². The highest BCUT2D eigenvalue weighted by Gasteiger charge is 2.12. The van der Waals surface area contributed by atoms with Gasteiger partial charge in [-0.1, -0.05) is 20.8 Å². The van der Waals surface area contributed by atoms with Gasteiger partial charge >= 0.3 is 0 Å². The number of hydrogen-bond donors (Lipinski definition) is 0. The SMILES string of the molecule is CC/N=C(/CC(C)(C)C)SC. The maximum absolute atomic E-state index is 4.41. The fourth-order valence-electron chi connectivity index (χ4n) is 0.823. The third kappa shape index (κ3) is 6.42. The van der Waals surface area contributed by atoms with Gasteiger partial charge in [0.1, 0.15) is 0 Å². The van der Waals surface area contributed by atoms with Gasteiger partial charge in [0.05, 0.1) is 5.04 Å². The molecule has 0 bridgehead atoms. The molecule has 0 rings (SSSR count). The molecule has 0 atom stereocenters. The van der Waals surface area contributed by atoms with Gasteiger partial charge < -0.3 is 0 Å². The molecule has 0 aromatic heterocycles. The Bertz CT molecular complexity index is 133. The molecule has 0 amide bonds. The second-order valence-electron chi connectivity index (χ2n) is 3.81. The minimum Gasteiger partial charge on any atom is -0.283 e. The highest BCUT2D eigenvalue weighted by Crippen LogP contribution is 2.22. The smallest absolute Gasteiger partial charge is 0.0678 e. The number of aliphatic imine (C=N–C) groups is 1. The first-order valence-electron chi connectivity index (χ1n) is 4.07. The van der Waals surface area contributed by atoms with Crippen LogP contribution in [0.2, 0.25) is 0 Å². The van der Waals surface area contributed by atoms with Crippen molar-refractivity contribution in [2.75, 3.05) is 12.8 Å². The van der Waals surface area contributed by atoms with E-state index in [1.807, 2.05) is 0 Å². The third-order valence-electron chi connectivity index (χ3n) is 1.25. The fraction of sp³-hybridized carbons (Fsp3) is 0.889. The lowest BCUT2D eigenvalue weighted by Crippen LogP contribution is -2.10. The summed E-state index contributed by atoms with van der Waals surface area (Å²) in [7, 11) is 0. The van der Waals surface area contributed by atoms with Crippen LogP contribution in [0.4, 0.5) is 0 Å². The largest absolute Gasteiger partial charge is 0.283 e. The normalized spacial score (nSPS) is 13.7. The number of rotatable bonds is 2. The van der Waals surface area contributed by atoms with Crippen LogP contribution < -0.4 is 0 Å². The van der Waals surface area contributed by atoms with E-state index in [1.165, 1.54) is 5.04 Å². The van der Waals surface area contributed by atoms with Crippen molar-refractivity contribution < 1.29 is 0 Å². The molecule has 11 heavy (non-hydrogen) atoms. The molecule has 0 aromatic carbocycles. The summed E-state index contributed by atoms with van der Waals surface area (Å²) in [5, 5.41) is 1.28. The summed E-state index contributed by atoms with van der Waals surface area (Å²) in [6.07, 6.45) is 3.20. The Morgan fingerprint density at radius 2 is 1.91 bits per heavy atom. The molecule has 0 saturated heterocycles. The molecule has 0 spiro atoms. The van der Waals surface area contributed by atoms with Gasteiger partial charge in [-0.05, 0) is 18.6 Å². The summed E-state index contributed by atoms with van der Waals surface area (Å²) in [5.74, 6) is 0. The maximum atomic E-state index is 4.41. The van der Waals surface area contributed by atoms with Gasteiger partial charge in [0.2, 0.25) is 0 Å². The lowest BCUT2D eigenvalue weighted by molar-refractivity contribution is 0.436. The lowest BCUT2D eigenvalue weighted by atomic mass is 9.93. The van der Waals surface area contributed by atoms with E-state index in [2.05, 4.69) is 38.9 Å². The van der Waals surface area contributed by atoms with Crippen molar-refractivity contribution in [2.24, 2.45) is 10.4 Å². The molecule has 0 aromatic rings. The predicted octanol–water partition coefficient (Wildman–Crippen LogP) is 3.20. The van der Waals surface area contributed by atoms with Crippen LogP contribution in [0, 0.1) is 5.41 Å². The summed E-state index contributed by atoms with van der Waals surface area (Å²) >= 11 is 1.77. The van der Waals surface area contributed by atoms with Crippen LogP contribution >= 0.6 is 11.8 Å². The highest BCUT2D eigenvalue weighted by atomic mass is 32.2. The van der Waals surface area contributed by atoms with E-state index in [0.717, 1.165) is 13.0 Å². The standard InChI is InChI=1S/C9H19NS/c1-6-10-8(11-5)7-9(2,3)4/h6-7H2,1-5H3/b10-8-. The Morgan fingerprint density at radius 3 is 2.18 bits per heavy atom. The van der Waals surface area contributed by atoms with Crippen molar-refractivity contribution in [3.05, 3.63) is 0 Å². The summed E-state index contributed by atoms with van der Waals surface area (Å²) in [5.41, 5.74) is 0.372. The molecule has 1 nitrogen and oxygen atoms in total. The topological polar surface area (TPSA) is 12.4 Å². The van der Waals surface area contributed by atoms with Crippen LogP contribution in [0.3, 0.4) is 0 Å². The second kappa shape index (κ2) is 4.81. The Balaban J connectivity index is 3.99. The van der Waals surface area contributed by atoms with Gasteiger partial charge in [0, 0.05) is 13.0 Å². The quantitative estimate of drug-likeness (QED) is 0.461. The summed E-state index contributed by atoms with van der Waals surface area (Å²) in [4.78, 5) is 4.41. The summed E-state index contributed by atoms with van der Waals surface area (Å²) in [6.45, 7) is 9.72. The molecule has 0 aliphatic heterocycles. The van der Waals surface area contributed by atoms with Crippen molar-refractivity contribution in [3.63, 3.8) is 0 Å². The first-order chi connectivity index (χ1) is 4.99. The van der Waals surface area contributed by atoms with Gasteiger partial charge in [-0.2, -0.15) is 0 Å². The Kier molecular flexibility index (Phi) is 4.82. The number of nitrogens with zero attached hydrogens (tertiary/aromatic N) is 1. The van der Waals surface area contributed by atoms with Crippen molar-refractivity contribution >= 4 is 16.8 Å². The molecule has 0 aliphatic rings. The van der Waals surface area contributed by atoms with Crippen molar-refractivity contribution in [3.8, 4) is 0 Å². The molecule has 0 fully saturated rings. The van der Waals surface area contributed by atoms with Gasteiger partial charge in [0.15, 0.2) is 0 Å². The summed E-state index contributed by atoms with van der Waals surface area (Å²) < 4.78 is 0. The van der Waals surface area contributed by atoms with Crippen molar-refractivity contribution in [1.29, 1.82) is 0 Å². The zero-order chi connectivity index (χ0) is 8.91. The molecule has 66 valence electrons. The van der Waals surface area contributed by atoms with Crippen LogP contribution in [0.5, 0.6) is 0 Å². The number of thioether (sulfide) groups is 1. The molecular weight excluding hydrogens is 154 g/mol. The Labute approximate surface area is 74.7 Å². The van der Waals surface area contributed by atoms with E-state index in [-0.39, 0.29) is 0 Å². The molecule has 2 heteroatoms. The average molecular weight is 173 g/mol. The first-order valence-corrected chi connectivity index (χ1v) is 5.29. The van der Waals surface area contributed by atoms with Crippen LogP contribution in [-0.4, -0.2) is 17.8 Å². The van der Waals surface area contributed by atoms with Crippen molar-refractivity contribution in [1.82, 2.24) is 0 Å².